The van der Waals surface area contributed by atoms with Crippen molar-refractivity contribution in [3.8, 4) is 22.6 Å². The summed E-state index contributed by atoms with van der Waals surface area (Å²) in [5.41, 5.74) is 7.28. The van der Waals surface area contributed by atoms with E-state index in [0.717, 1.165) is 41.9 Å². The van der Waals surface area contributed by atoms with Gasteiger partial charge >= 0.3 is 5.97 Å². The van der Waals surface area contributed by atoms with Gasteiger partial charge in [-0.3, -0.25) is 4.79 Å². The van der Waals surface area contributed by atoms with Crippen molar-refractivity contribution < 1.29 is 27.4 Å². The Morgan fingerprint density at radius 1 is 0.905 bits per heavy atom. The van der Waals surface area contributed by atoms with Crippen LogP contribution in [0.5, 0.6) is 11.5 Å². The van der Waals surface area contributed by atoms with Gasteiger partial charge in [0.2, 0.25) is 0 Å². The molecule has 0 radical (unpaired) electrons. The van der Waals surface area contributed by atoms with Crippen molar-refractivity contribution in [2.24, 2.45) is 5.92 Å². The van der Waals surface area contributed by atoms with Crippen LogP contribution in [0.2, 0.25) is 0 Å². The van der Waals surface area contributed by atoms with Crippen LogP contribution in [0.15, 0.2) is 72.8 Å². The van der Waals surface area contributed by atoms with Crippen molar-refractivity contribution >= 4 is 15.8 Å². The number of allylic oxidation sites excluding steroid dienone is 2. The SMILES string of the molecule is C/C=C\[C@@H](CC(=O)OC)c1ccc(OCc2ccc3c(c2)-c2ccc(OCC4CCS(=O)(=O)CC4)cc2CCC3)cc1. The molecule has 0 amide bonds. The zero-order valence-electron chi connectivity index (χ0n) is 24.5. The van der Waals surface area contributed by atoms with Crippen molar-refractivity contribution in [3.05, 3.63) is 95.1 Å². The molecule has 0 N–H and O–H groups in total. The van der Waals surface area contributed by atoms with Crippen LogP contribution in [0, 0.1) is 5.92 Å². The van der Waals surface area contributed by atoms with Crippen molar-refractivity contribution in [2.45, 2.75) is 58.0 Å². The molecule has 7 heteroatoms. The average Bonchev–Trinajstić information content (AvgIpc) is 3.18. The van der Waals surface area contributed by atoms with Gasteiger partial charge in [0.05, 0.1) is 31.6 Å². The molecule has 0 aromatic heterocycles. The van der Waals surface area contributed by atoms with Crippen LogP contribution in [-0.2, 0) is 38.8 Å². The second-order valence-electron chi connectivity index (χ2n) is 11.3. The highest BCUT2D eigenvalue weighted by Crippen LogP contribution is 2.36. The molecule has 1 fully saturated rings. The van der Waals surface area contributed by atoms with Crippen LogP contribution in [0.4, 0.5) is 0 Å². The predicted octanol–water partition coefficient (Wildman–Crippen LogP) is 6.85. The molecular formula is C35H40O6S. The molecule has 5 rings (SSSR count). The number of rotatable bonds is 10. The summed E-state index contributed by atoms with van der Waals surface area (Å²) in [6.45, 7) is 2.97. The highest BCUT2D eigenvalue weighted by atomic mass is 32.2. The molecule has 3 aromatic rings. The third-order valence-corrected chi connectivity index (χ3v) is 10.1. The lowest BCUT2D eigenvalue weighted by atomic mass is 9.94. The van der Waals surface area contributed by atoms with E-state index in [1.165, 1.54) is 29.4 Å². The summed E-state index contributed by atoms with van der Waals surface area (Å²) < 4.78 is 40.6. The lowest BCUT2D eigenvalue weighted by Crippen LogP contribution is -2.26. The number of fused-ring (bicyclic) bond motifs is 3. The quantitative estimate of drug-likeness (QED) is 0.190. The highest BCUT2D eigenvalue weighted by Gasteiger charge is 2.24. The Kier molecular flexibility index (Phi) is 9.68. The van der Waals surface area contributed by atoms with E-state index in [-0.39, 0.29) is 23.4 Å². The van der Waals surface area contributed by atoms with Crippen molar-refractivity contribution in [3.63, 3.8) is 0 Å². The first-order valence-corrected chi connectivity index (χ1v) is 16.7. The molecule has 1 aliphatic carbocycles. The summed E-state index contributed by atoms with van der Waals surface area (Å²) in [7, 11) is -1.45. The monoisotopic (exact) mass is 588 g/mol. The molecule has 6 nitrogen and oxygen atoms in total. The van der Waals surface area contributed by atoms with E-state index in [1.807, 2.05) is 49.4 Å². The van der Waals surface area contributed by atoms with Gasteiger partial charge in [-0.1, -0.05) is 42.5 Å². The number of carbonyl (C=O) groups excluding carboxylic acids is 1. The van der Waals surface area contributed by atoms with Gasteiger partial charge in [-0.15, -0.1) is 0 Å². The van der Waals surface area contributed by atoms with Crippen molar-refractivity contribution in [1.29, 1.82) is 0 Å². The first-order valence-electron chi connectivity index (χ1n) is 14.8. The maximum atomic E-state index is 11.8. The minimum atomic E-state index is -2.86. The molecule has 2 aliphatic rings. The molecule has 222 valence electrons. The van der Waals surface area contributed by atoms with Gasteiger partial charge in [0, 0.05) is 5.92 Å². The molecule has 3 aromatic carbocycles. The zero-order valence-corrected chi connectivity index (χ0v) is 25.3. The molecule has 1 atom stereocenters. The lowest BCUT2D eigenvalue weighted by Gasteiger charge is -2.22. The fourth-order valence-corrected chi connectivity index (χ4v) is 7.46. The second kappa shape index (κ2) is 13.6. The fraction of sp³-hybridized carbons (Fsp3) is 0.400. The third kappa shape index (κ3) is 7.62. The number of ether oxygens (including phenoxy) is 3. The fourth-order valence-electron chi connectivity index (χ4n) is 5.87. The minimum Gasteiger partial charge on any atom is -0.493 e. The van der Waals surface area contributed by atoms with E-state index in [9.17, 15) is 13.2 Å². The number of carbonyl (C=O) groups is 1. The maximum absolute atomic E-state index is 11.8. The van der Waals surface area contributed by atoms with E-state index in [4.69, 9.17) is 14.2 Å². The average molecular weight is 589 g/mol. The number of hydrogen-bond donors (Lipinski definition) is 0. The van der Waals surface area contributed by atoms with Crippen LogP contribution < -0.4 is 9.47 Å². The molecule has 0 bridgehead atoms. The molecule has 1 aliphatic heterocycles. The molecular weight excluding hydrogens is 548 g/mol. The standard InChI is InChI=1S/C35H40O6S/c1-3-5-29(22-35(36)39-2)27-10-12-31(13-11-27)40-24-26-8-9-28-6-4-7-30-21-32(14-15-33(30)34(28)20-26)41-23-25-16-18-42(37,38)19-17-25/h3,5,8-15,20-21,25,29H,4,6-7,16-19,22-24H2,1-2H3/b5-3-/t29-/m0/s1. The van der Waals surface area contributed by atoms with E-state index in [1.54, 1.807) is 0 Å². The second-order valence-corrected chi connectivity index (χ2v) is 13.6. The Hall–Kier alpha value is -3.58. The highest BCUT2D eigenvalue weighted by molar-refractivity contribution is 7.91. The maximum Gasteiger partial charge on any atom is 0.306 e. The Bertz CT molecular complexity index is 1510. The molecule has 0 unspecified atom stereocenters. The summed E-state index contributed by atoms with van der Waals surface area (Å²) in [5.74, 6) is 2.21. The molecule has 1 heterocycles. The van der Waals surface area contributed by atoms with Crippen LogP contribution in [-0.4, -0.2) is 39.6 Å². The molecule has 0 saturated carbocycles. The normalized spacial score (nSPS) is 17.1. The van der Waals surface area contributed by atoms with Crippen LogP contribution >= 0.6 is 0 Å². The van der Waals surface area contributed by atoms with Gasteiger partial charge < -0.3 is 14.2 Å². The summed E-state index contributed by atoms with van der Waals surface area (Å²) in [6.07, 6.45) is 8.73. The van der Waals surface area contributed by atoms with Gasteiger partial charge in [0.25, 0.3) is 0 Å². The van der Waals surface area contributed by atoms with Crippen molar-refractivity contribution in [2.75, 3.05) is 25.2 Å². The number of methoxy groups -OCH3 is 1. The van der Waals surface area contributed by atoms with E-state index in [2.05, 4.69) is 30.3 Å². The van der Waals surface area contributed by atoms with Gasteiger partial charge in [-0.25, -0.2) is 8.42 Å². The van der Waals surface area contributed by atoms with E-state index >= 15 is 0 Å². The van der Waals surface area contributed by atoms with Crippen LogP contribution in [0.25, 0.3) is 11.1 Å². The summed E-state index contributed by atoms with van der Waals surface area (Å²) in [6, 6.07) is 20.9. The Morgan fingerprint density at radius 3 is 2.38 bits per heavy atom. The third-order valence-electron chi connectivity index (χ3n) is 8.35. The zero-order chi connectivity index (χ0) is 29.5. The molecule has 42 heavy (non-hydrogen) atoms. The Morgan fingerprint density at radius 2 is 1.64 bits per heavy atom. The molecule has 0 spiro atoms. The minimum absolute atomic E-state index is 0.0295. The summed E-state index contributed by atoms with van der Waals surface area (Å²) in [5, 5.41) is 0. The predicted molar refractivity (Wildman–Crippen MR) is 166 cm³/mol. The summed E-state index contributed by atoms with van der Waals surface area (Å²) >= 11 is 0. The van der Waals surface area contributed by atoms with Gasteiger partial charge in [-0.2, -0.15) is 0 Å². The first-order chi connectivity index (χ1) is 20.3. The molecule has 1 saturated heterocycles. The summed E-state index contributed by atoms with van der Waals surface area (Å²) in [4.78, 5) is 11.8. The Labute approximate surface area is 249 Å². The first kappa shape index (κ1) is 29.9. The van der Waals surface area contributed by atoms with Gasteiger partial charge in [-0.05, 0) is 109 Å². The van der Waals surface area contributed by atoms with Crippen molar-refractivity contribution in [1.82, 2.24) is 0 Å². The smallest absolute Gasteiger partial charge is 0.306 e. The van der Waals surface area contributed by atoms with Crippen LogP contribution in [0.1, 0.15) is 60.8 Å². The van der Waals surface area contributed by atoms with Gasteiger partial charge in [0.1, 0.15) is 27.9 Å². The number of benzene rings is 3. The van der Waals surface area contributed by atoms with Crippen LogP contribution in [0.3, 0.4) is 0 Å². The number of sulfone groups is 1. The number of aryl methyl sites for hydroxylation is 2. The van der Waals surface area contributed by atoms with E-state index in [0.29, 0.717) is 38.4 Å². The van der Waals surface area contributed by atoms with Gasteiger partial charge in [0.15, 0.2) is 0 Å². The number of hydrogen-bond acceptors (Lipinski definition) is 6. The lowest BCUT2D eigenvalue weighted by molar-refractivity contribution is -0.140. The largest absolute Gasteiger partial charge is 0.493 e. The number of esters is 1. The Balaban J connectivity index is 1.24. The van der Waals surface area contributed by atoms with E-state index < -0.39 is 9.84 Å². The topological polar surface area (TPSA) is 78.9 Å².